The Hall–Kier alpha value is -1.68. The van der Waals surface area contributed by atoms with Gasteiger partial charge >= 0.3 is 6.01 Å². The molecule has 0 spiro atoms. The van der Waals surface area contributed by atoms with Crippen molar-refractivity contribution < 1.29 is 4.74 Å². The Morgan fingerprint density at radius 3 is 2.59 bits per heavy atom. The van der Waals surface area contributed by atoms with Crippen LogP contribution in [0.25, 0.3) is 11.4 Å². The van der Waals surface area contributed by atoms with Gasteiger partial charge in [0.25, 0.3) is 0 Å². The van der Waals surface area contributed by atoms with Crippen LogP contribution in [0.15, 0.2) is 18.2 Å². The highest BCUT2D eigenvalue weighted by atomic mass is 35.5. The van der Waals surface area contributed by atoms with Crippen LogP contribution in [0.2, 0.25) is 5.28 Å². The lowest BCUT2D eigenvalue weighted by Crippen LogP contribution is -1.99. The number of benzene rings is 1. The van der Waals surface area contributed by atoms with Gasteiger partial charge in [0, 0.05) is 5.56 Å². The van der Waals surface area contributed by atoms with Crippen LogP contribution in [0.4, 0.5) is 0 Å². The highest BCUT2D eigenvalue weighted by Crippen LogP contribution is 2.24. The second-order valence-corrected chi connectivity index (χ2v) is 4.00. The topological polar surface area (TPSA) is 47.9 Å². The summed E-state index contributed by atoms with van der Waals surface area (Å²) in [6.45, 7) is 4.06. The monoisotopic (exact) mass is 249 g/mol. The number of halogens is 1. The normalized spacial score (nSPS) is 10.4. The van der Waals surface area contributed by atoms with E-state index in [9.17, 15) is 0 Å². The Morgan fingerprint density at radius 2 is 1.88 bits per heavy atom. The van der Waals surface area contributed by atoms with Gasteiger partial charge in [0.15, 0.2) is 5.82 Å². The molecule has 2 rings (SSSR count). The van der Waals surface area contributed by atoms with Crippen LogP contribution in [0.1, 0.15) is 11.1 Å². The van der Waals surface area contributed by atoms with Gasteiger partial charge < -0.3 is 4.74 Å². The van der Waals surface area contributed by atoms with E-state index < -0.39 is 0 Å². The number of methoxy groups -OCH3 is 1. The number of aromatic nitrogens is 3. The highest BCUT2D eigenvalue weighted by molar-refractivity contribution is 6.28. The highest BCUT2D eigenvalue weighted by Gasteiger charge is 2.10. The van der Waals surface area contributed by atoms with Gasteiger partial charge in [-0.1, -0.05) is 18.2 Å². The molecule has 0 saturated heterocycles. The van der Waals surface area contributed by atoms with Crippen molar-refractivity contribution in [2.45, 2.75) is 13.8 Å². The van der Waals surface area contributed by atoms with E-state index in [2.05, 4.69) is 15.0 Å². The Labute approximate surface area is 105 Å². The van der Waals surface area contributed by atoms with E-state index in [0.717, 1.165) is 11.1 Å². The number of aryl methyl sites for hydroxylation is 1. The van der Waals surface area contributed by atoms with Crippen LogP contribution in [-0.2, 0) is 0 Å². The third-order valence-corrected chi connectivity index (χ3v) is 2.78. The molecule has 0 aliphatic carbocycles. The average molecular weight is 250 g/mol. The van der Waals surface area contributed by atoms with Crippen LogP contribution in [-0.4, -0.2) is 22.1 Å². The van der Waals surface area contributed by atoms with E-state index in [4.69, 9.17) is 16.3 Å². The maximum Gasteiger partial charge on any atom is 0.321 e. The number of nitrogens with zero attached hydrogens (tertiary/aromatic N) is 3. The summed E-state index contributed by atoms with van der Waals surface area (Å²) >= 11 is 5.83. The van der Waals surface area contributed by atoms with E-state index in [-0.39, 0.29) is 11.3 Å². The predicted octanol–water partition coefficient (Wildman–Crippen LogP) is 2.82. The summed E-state index contributed by atoms with van der Waals surface area (Å²) in [5.74, 6) is 0.531. The lowest BCUT2D eigenvalue weighted by atomic mass is 10.0. The fourth-order valence-corrected chi connectivity index (χ4v) is 1.69. The first-order chi connectivity index (χ1) is 8.11. The van der Waals surface area contributed by atoms with Crippen molar-refractivity contribution >= 4 is 11.6 Å². The second kappa shape index (κ2) is 4.67. The molecule has 1 aromatic heterocycles. The van der Waals surface area contributed by atoms with E-state index in [0.29, 0.717) is 5.82 Å². The van der Waals surface area contributed by atoms with E-state index in [1.165, 1.54) is 12.7 Å². The van der Waals surface area contributed by atoms with Crippen LogP contribution < -0.4 is 4.74 Å². The molecule has 0 saturated carbocycles. The Balaban J connectivity index is 2.60. The van der Waals surface area contributed by atoms with Crippen LogP contribution in [0.5, 0.6) is 6.01 Å². The summed E-state index contributed by atoms with van der Waals surface area (Å²) in [5, 5.41) is 0.132. The van der Waals surface area contributed by atoms with Crippen molar-refractivity contribution in [1.82, 2.24) is 15.0 Å². The Bertz CT molecular complexity index is 557. The first-order valence-corrected chi connectivity index (χ1v) is 5.51. The van der Waals surface area contributed by atoms with Crippen molar-refractivity contribution in [2.24, 2.45) is 0 Å². The summed E-state index contributed by atoms with van der Waals surface area (Å²) < 4.78 is 4.98. The number of hydrogen-bond acceptors (Lipinski definition) is 4. The summed E-state index contributed by atoms with van der Waals surface area (Å²) in [5.41, 5.74) is 3.24. The molecule has 88 valence electrons. The van der Waals surface area contributed by atoms with Crippen molar-refractivity contribution in [3.63, 3.8) is 0 Å². The van der Waals surface area contributed by atoms with Crippen LogP contribution in [0.3, 0.4) is 0 Å². The average Bonchev–Trinajstić information content (AvgIpc) is 2.31. The van der Waals surface area contributed by atoms with E-state index >= 15 is 0 Å². The third-order valence-electron chi connectivity index (χ3n) is 2.62. The molecule has 2 aromatic rings. The third kappa shape index (κ3) is 2.36. The molecule has 0 aliphatic rings. The van der Waals surface area contributed by atoms with Gasteiger partial charge in [-0.05, 0) is 36.6 Å². The molecule has 5 heteroatoms. The molecule has 4 nitrogen and oxygen atoms in total. The van der Waals surface area contributed by atoms with E-state index in [1.807, 2.05) is 32.0 Å². The summed E-state index contributed by atoms with van der Waals surface area (Å²) in [6, 6.07) is 6.18. The van der Waals surface area contributed by atoms with Crippen molar-refractivity contribution in [1.29, 1.82) is 0 Å². The quantitative estimate of drug-likeness (QED) is 0.821. The Morgan fingerprint density at radius 1 is 1.12 bits per heavy atom. The van der Waals surface area contributed by atoms with Gasteiger partial charge in [0.1, 0.15) is 0 Å². The zero-order valence-corrected chi connectivity index (χ0v) is 10.6. The van der Waals surface area contributed by atoms with Crippen molar-refractivity contribution in [2.75, 3.05) is 7.11 Å². The summed E-state index contributed by atoms with van der Waals surface area (Å²) in [7, 11) is 1.50. The smallest absolute Gasteiger partial charge is 0.321 e. The minimum Gasteiger partial charge on any atom is -0.467 e. The molecular formula is C12H12ClN3O. The van der Waals surface area contributed by atoms with Gasteiger partial charge in [-0.25, -0.2) is 0 Å². The Kier molecular flexibility index (Phi) is 3.24. The zero-order valence-electron chi connectivity index (χ0n) is 9.86. The number of hydrogen-bond donors (Lipinski definition) is 0. The molecule has 0 amide bonds. The maximum atomic E-state index is 5.83. The van der Waals surface area contributed by atoms with Crippen LogP contribution in [0, 0.1) is 13.8 Å². The molecule has 0 unspecified atom stereocenters. The lowest BCUT2D eigenvalue weighted by molar-refractivity contribution is 0.379. The number of ether oxygens (including phenoxy) is 1. The van der Waals surface area contributed by atoms with Crippen LogP contribution >= 0.6 is 11.6 Å². The molecule has 0 N–H and O–H groups in total. The summed E-state index contributed by atoms with van der Waals surface area (Å²) in [6.07, 6.45) is 0. The first-order valence-electron chi connectivity index (χ1n) is 5.14. The molecule has 0 atom stereocenters. The fraction of sp³-hybridized carbons (Fsp3) is 0.250. The maximum absolute atomic E-state index is 5.83. The molecule has 1 heterocycles. The molecule has 1 aromatic carbocycles. The molecular weight excluding hydrogens is 238 g/mol. The fourth-order valence-electron chi connectivity index (χ4n) is 1.54. The van der Waals surface area contributed by atoms with Gasteiger partial charge in [-0.2, -0.15) is 15.0 Å². The largest absolute Gasteiger partial charge is 0.467 e. The molecule has 0 aliphatic heterocycles. The summed E-state index contributed by atoms with van der Waals surface area (Å²) in [4.78, 5) is 12.2. The van der Waals surface area contributed by atoms with Gasteiger partial charge in [0.2, 0.25) is 5.28 Å². The minimum atomic E-state index is 0.132. The van der Waals surface area contributed by atoms with E-state index in [1.54, 1.807) is 0 Å². The SMILES string of the molecule is COc1nc(Cl)nc(-c2cccc(C)c2C)n1. The molecule has 0 fully saturated rings. The van der Waals surface area contributed by atoms with Gasteiger partial charge in [-0.3, -0.25) is 0 Å². The second-order valence-electron chi connectivity index (χ2n) is 3.66. The molecule has 17 heavy (non-hydrogen) atoms. The minimum absolute atomic E-state index is 0.132. The zero-order chi connectivity index (χ0) is 12.4. The van der Waals surface area contributed by atoms with Crippen molar-refractivity contribution in [3.05, 3.63) is 34.6 Å². The first kappa shape index (κ1) is 11.8. The molecule has 0 radical (unpaired) electrons. The van der Waals surface area contributed by atoms with Crippen molar-refractivity contribution in [3.8, 4) is 17.4 Å². The predicted molar refractivity (Wildman–Crippen MR) is 66.3 cm³/mol. The lowest BCUT2D eigenvalue weighted by Gasteiger charge is -2.08. The van der Waals surface area contributed by atoms with Gasteiger partial charge in [-0.15, -0.1) is 0 Å². The standard InChI is InChI=1S/C12H12ClN3O/c1-7-5-4-6-9(8(7)2)10-14-11(13)16-12(15-10)17-3/h4-6H,1-3H3. The number of rotatable bonds is 2. The van der Waals surface area contributed by atoms with Gasteiger partial charge in [0.05, 0.1) is 7.11 Å². The molecule has 0 bridgehead atoms.